The highest BCUT2D eigenvalue weighted by Crippen LogP contribution is 2.10. The predicted octanol–water partition coefficient (Wildman–Crippen LogP) is 1.65. The number of methoxy groups -OCH3 is 1. The van der Waals surface area contributed by atoms with E-state index in [1.807, 2.05) is 0 Å². The minimum absolute atomic E-state index is 0.0462. The zero-order valence-electron chi connectivity index (χ0n) is 14.7. The van der Waals surface area contributed by atoms with Crippen LogP contribution < -0.4 is 10.6 Å². The fraction of sp³-hybridized carbons (Fsp3) is 0.412. The number of rotatable bonds is 9. The Bertz CT molecular complexity index is 633. The molecule has 2 N–H and O–H groups in total. The van der Waals surface area contributed by atoms with Crippen LogP contribution in [0.15, 0.2) is 24.3 Å². The molecule has 0 aromatic heterocycles. The van der Waals surface area contributed by atoms with Crippen molar-refractivity contribution in [2.45, 2.75) is 19.8 Å². The van der Waals surface area contributed by atoms with E-state index >= 15 is 0 Å². The number of benzene rings is 1. The van der Waals surface area contributed by atoms with Crippen LogP contribution in [0.4, 0.5) is 5.69 Å². The summed E-state index contributed by atoms with van der Waals surface area (Å²) in [5.41, 5.74) is 1.02. The summed E-state index contributed by atoms with van der Waals surface area (Å²) in [6.07, 6.45) is -0.0954. The molecule has 0 fully saturated rings. The molecule has 0 saturated carbocycles. The number of carbonyl (C=O) groups excluding carboxylic acids is 3. The summed E-state index contributed by atoms with van der Waals surface area (Å²) in [6, 6.07) is 6.44. The summed E-state index contributed by atoms with van der Waals surface area (Å²) in [5, 5.41) is 5.37. The minimum atomic E-state index is -0.481. The molecule has 26 heavy (non-hydrogen) atoms. The van der Waals surface area contributed by atoms with Crippen LogP contribution in [0.3, 0.4) is 0 Å². The van der Waals surface area contributed by atoms with Gasteiger partial charge in [0, 0.05) is 19.2 Å². The Hall–Kier alpha value is -2.52. The SMILES string of the molecule is CCOC(=O)c1ccc(NC(=S)NC(=O)CCC(=O)OCCOC)cc1. The van der Waals surface area contributed by atoms with E-state index in [9.17, 15) is 14.4 Å². The number of thiocarbonyl (C=S) groups is 1. The zero-order valence-corrected chi connectivity index (χ0v) is 15.5. The second kappa shape index (κ2) is 11.9. The lowest BCUT2D eigenvalue weighted by Gasteiger charge is -2.10. The van der Waals surface area contributed by atoms with Crippen molar-refractivity contribution in [3.8, 4) is 0 Å². The first-order valence-corrected chi connectivity index (χ1v) is 8.39. The van der Waals surface area contributed by atoms with E-state index in [0.29, 0.717) is 24.5 Å². The minimum Gasteiger partial charge on any atom is -0.463 e. The highest BCUT2D eigenvalue weighted by atomic mass is 32.1. The van der Waals surface area contributed by atoms with E-state index in [1.54, 1.807) is 31.2 Å². The van der Waals surface area contributed by atoms with Gasteiger partial charge in [0.05, 0.1) is 25.2 Å². The number of esters is 2. The molecule has 0 radical (unpaired) electrons. The van der Waals surface area contributed by atoms with Crippen molar-refractivity contribution in [1.29, 1.82) is 0 Å². The third kappa shape index (κ3) is 8.54. The smallest absolute Gasteiger partial charge is 0.338 e. The van der Waals surface area contributed by atoms with Gasteiger partial charge in [0.2, 0.25) is 5.91 Å². The average molecular weight is 382 g/mol. The summed E-state index contributed by atoms with van der Waals surface area (Å²) < 4.78 is 14.5. The number of anilines is 1. The maximum atomic E-state index is 11.8. The lowest BCUT2D eigenvalue weighted by molar-refractivity contribution is -0.146. The Labute approximate surface area is 157 Å². The van der Waals surface area contributed by atoms with E-state index in [0.717, 1.165) is 0 Å². The van der Waals surface area contributed by atoms with Gasteiger partial charge in [-0.1, -0.05) is 0 Å². The first-order chi connectivity index (χ1) is 12.5. The number of hydrogen-bond acceptors (Lipinski definition) is 7. The van der Waals surface area contributed by atoms with E-state index in [2.05, 4.69) is 10.6 Å². The Morgan fingerprint density at radius 1 is 1.04 bits per heavy atom. The second-order valence-electron chi connectivity index (χ2n) is 5.01. The maximum Gasteiger partial charge on any atom is 0.338 e. The molecule has 9 heteroatoms. The van der Waals surface area contributed by atoms with Crippen LogP contribution in [-0.4, -0.2) is 49.9 Å². The number of nitrogens with one attached hydrogen (secondary N) is 2. The first kappa shape index (κ1) is 21.5. The third-order valence-electron chi connectivity index (χ3n) is 3.01. The second-order valence-corrected chi connectivity index (χ2v) is 5.42. The fourth-order valence-corrected chi connectivity index (χ4v) is 2.01. The molecule has 0 heterocycles. The topological polar surface area (TPSA) is 103 Å². The van der Waals surface area contributed by atoms with Crippen molar-refractivity contribution in [3.63, 3.8) is 0 Å². The van der Waals surface area contributed by atoms with Gasteiger partial charge in [0.15, 0.2) is 5.11 Å². The van der Waals surface area contributed by atoms with Gasteiger partial charge in [0.25, 0.3) is 0 Å². The summed E-state index contributed by atoms with van der Waals surface area (Å²) in [7, 11) is 1.50. The van der Waals surface area contributed by atoms with Gasteiger partial charge in [-0.25, -0.2) is 4.79 Å². The van der Waals surface area contributed by atoms with Crippen LogP contribution in [0.2, 0.25) is 0 Å². The van der Waals surface area contributed by atoms with Gasteiger partial charge in [0.1, 0.15) is 6.61 Å². The van der Waals surface area contributed by atoms with E-state index in [-0.39, 0.29) is 24.6 Å². The summed E-state index contributed by atoms with van der Waals surface area (Å²) in [6.45, 7) is 2.49. The molecule has 0 saturated heterocycles. The fourth-order valence-electron chi connectivity index (χ4n) is 1.78. The van der Waals surface area contributed by atoms with E-state index in [1.165, 1.54) is 7.11 Å². The van der Waals surface area contributed by atoms with Crippen molar-refractivity contribution in [3.05, 3.63) is 29.8 Å². The summed E-state index contributed by atoms with van der Waals surface area (Å²) >= 11 is 5.04. The molecule has 8 nitrogen and oxygen atoms in total. The Kier molecular flexibility index (Phi) is 9.88. The van der Waals surface area contributed by atoms with Crippen LogP contribution in [0.5, 0.6) is 0 Å². The summed E-state index contributed by atoms with van der Waals surface area (Å²) in [4.78, 5) is 34.7. The Morgan fingerprint density at radius 2 is 1.73 bits per heavy atom. The molecule has 0 atom stereocenters. The quantitative estimate of drug-likeness (QED) is 0.378. The monoisotopic (exact) mass is 382 g/mol. The van der Waals surface area contributed by atoms with Crippen molar-refractivity contribution in [1.82, 2.24) is 5.32 Å². The predicted molar refractivity (Wildman–Crippen MR) is 98.8 cm³/mol. The van der Waals surface area contributed by atoms with Crippen molar-refractivity contribution in [2.24, 2.45) is 0 Å². The number of ether oxygens (including phenoxy) is 3. The molecule has 0 unspecified atom stereocenters. The standard InChI is InChI=1S/C17H22N2O6S/c1-3-24-16(22)12-4-6-13(7-5-12)18-17(26)19-14(20)8-9-15(21)25-11-10-23-2/h4-7H,3,8-11H2,1-2H3,(H2,18,19,20,26). The van der Waals surface area contributed by atoms with Gasteiger partial charge in [-0.3, -0.25) is 9.59 Å². The molecular formula is C17H22N2O6S. The molecule has 1 aromatic carbocycles. The van der Waals surface area contributed by atoms with Gasteiger partial charge >= 0.3 is 11.9 Å². The van der Waals surface area contributed by atoms with Gasteiger partial charge in [-0.15, -0.1) is 0 Å². The molecule has 1 rings (SSSR count). The highest BCUT2D eigenvalue weighted by Gasteiger charge is 2.10. The average Bonchev–Trinajstić information content (AvgIpc) is 2.61. The molecule has 1 aromatic rings. The highest BCUT2D eigenvalue weighted by molar-refractivity contribution is 7.80. The number of amides is 1. The maximum absolute atomic E-state index is 11.8. The van der Waals surface area contributed by atoms with E-state index < -0.39 is 17.8 Å². The van der Waals surface area contributed by atoms with Crippen molar-refractivity contribution >= 4 is 40.9 Å². The van der Waals surface area contributed by atoms with Crippen LogP contribution in [0, 0.1) is 0 Å². The van der Waals surface area contributed by atoms with E-state index in [4.69, 9.17) is 26.4 Å². The zero-order chi connectivity index (χ0) is 19.4. The van der Waals surface area contributed by atoms with Crippen LogP contribution in [0.25, 0.3) is 0 Å². The molecule has 0 aliphatic carbocycles. The van der Waals surface area contributed by atoms with Crippen LogP contribution >= 0.6 is 12.2 Å². The molecule has 0 spiro atoms. The number of carbonyl (C=O) groups is 3. The van der Waals surface area contributed by atoms with Gasteiger partial charge < -0.3 is 24.8 Å². The molecule has 1 amide bonds. The molecule has 0 aliphatic heterocycles. The largest absolute Gasteiger partial charge is 0.463 e. The van der Waals surface area contributed by atoms with Crippen LogP contribution in [-0.2, 0) is 23.8 Å². The molecule has 142 valence electrons. The Morgan fingerprint density at radius 3 is 2.35 bits per heavy atom. The lowest BCUT2D eigenvalue weighted by Crippen LogP contribution is -2.34. The molecule has 0 bridgehead atoms. The normalized spacial score (nSPS) is 9.92. The summed E-state index contributed by atoms with van der Waals surface area (Å²) in [5.74, 6) is -1.30. The number of hydrogen-bond donors (Lipinski definition) is 2. The third-order valence-corrected chi connectivity index (χ3v) is 3.22. The molecular weight excluding hydrogens is 360 g/mol. The lowest BCUT2D eigenvalue weighted by atomic mass is 10.2. The first-order valence-electron chi connectivity index (χ1n) is 7.98. The van der Waals surface area contributed by atoms with Crippen molar-refractivity contribution in [2.75, 3.05) is 32.2 Å². The Balaban J connectivity index is 2.35. The van der Waals surface area contributed by atoms with Crippen LogP contribution in [0.1, 0.15) is 30.1 Å². The van der Waals surface area contributed by atoms with Gasteiger partial charge in [-0.05, 0) is 43.4 Å². The van der Waals surface area contributed by atoms with Crippen molar-refractivity contribution < 1.29 is 28.6 Å². The molecule has 0 aliphatic rings. The van der Waals surface area contributed by atoms with Gasteiger partial charge in [-0.2, -0.15) is 0 Å².